The molecular formula is C10H11N3OS. The Morgan fingerprint density at radius 3 is 3.20 bits per heavy atom. The maximum absolute atomic E-state index is 11.5. The number of anilines is 1. The highest BCUT2D eigenvalue weighted by molar-refractivity contribution is 7.09. The lowest BCUT2D eigenvalue weighted by atomic mass is 10.2. The second-order valence-electron chi connectivity index (χ2n) is 3.11. The van der Waals surface area contributed by atoms with Crippen LogP contribution in [0.15, 0.2) is 29.9 Å². The fourth-order valence-corrected chi connectivity index (χ4v) is 1.94. The molecule has 0 saturated carbocycles. The van der Waals surface area contributed by atoms with E-state index >= 15 is 0 Å². The molecule has 0 aliphatic carbocycles. The number of hydrogen-bond acceptors (Lipinski definition) is 3. The maximum Gasteiger partial charge on any atom is 0.224 e. The predicted molar refractivity (Wildman–Crippen MR) is 59.9 cm³/mol. The standard InChI is InChI=1S/C10H11N3OS/c14-10(13-8-6-11-12-7-8)4-3-9-2-1-5-15-9/h1-2,5-7H,3-4H2,(H,11,12)(H,13,14). The Hall–Kier alpha value is -1.62. The van der Waals surface area contributed by atoms with E-state index in [9.17, 15) is 4.79 Å². The van der Waals surface area contributed by atoms with E-state index in [0.717, 1.165) is 6.42 Å². The van der Waals surface area contributed by atoms with Crippen LogP contribution < -0.4 is 5.32 Å². The monoisotopic (exact) mass is 221 g/mol. The summed E-state index contributed by atoms with van der Waals surface area (Å²) in [7, 11) is 0. The molecule has 2 N–H and O–H groups in total. The highest BCUT2D eigenvalue weighted by Crippen LogP contribution is 2.11. The number of nitrogens with one attached hydrogen (secondary N) is 2. The van der Waals surface area contributed by atoms with Crippen LogP contribution in [0.1, 0.15) is 11.3 Å². The number of hydrogen-bond donors (Lipinski definition) is 2. The zero-order valence-electron chi connectivity index (χ0n) is 8.06. The first-order valence-electron chi connectivity index (χ1n) is 4.65. The molecule has 0 unspecified atom stereocenters. The van der Waals surface area contributed by atoms with Gasteiger partial charge in [-0.15, -0.1) is 11.3 Å². The normalized spacial score (nSPS) is 10.1. The van der Waals surface area contributed by atoms with Crippen molar-refractivity contribution < 1.29 is 4.79 Å². The third-order valence-electron chi connectivity index (χ3n) is 1.96. The Kier molecular flexibility index (Phi) is 3.14. The average Bonchev–Trinajstić information content (AvgIpc) is 2.86. The number of H-pyrrole nitrogens is 1. The van der Waals surface area contributed by atoms with Gasteiger partial charge in [0.05, 0.1) is 11.9 Å². The van der Waals surface area contributed by atoms with Gasteiger partial charge in [0.15, 0.2) is 0 Å². The minimum Gasteiger partial charge on any atom is -0.323 e. The molecule has 2 aromatic rings. The van der Waals surface area contributed by atoms with Gasteiger partial charge in [0.2, 0.25) is 5.91 Å². The van der Waals surface area contributed by atoms with Gasteiger partial charge in [0.1, 0.15) is 0 Å². The van der Waals surface area contributed by atoms with Crippen LogP contribution in [-0.4, -0.2) is 16.1 Å². The van der Waals surface area contributed by atoms with Crippen molar-refractivity contribution in [2.75, 3.05) is 5.32 Å². The zero-order chi connectivity index (χ0) is 10.5. The summed E-state index contributed by atoms with van der Waals surface area (Å²) in [4.78, 5) is 12.7. The van der Waals surface area contributed by atoms with Crippen LogP contribution in [0.2, 0.25) is 0 Å². The second-order valence-corrected chi connectivity index (χ2v) is 4.15. The van der Waals surface area contributed by atoms with E-state index in [1.165, 1.54) is 4.88 Å². The Morgan fingerprint density at radius 1 is 1.60 bits per heavy atom. The second kappa shape index (κ2) is 4.75. The van der Waals surface area contributed by atoms with Crippen molar-refractivity contribution in [1.29, 1.82) is 0 Å². The van der Waals surface area contributed by atoms with Crippen LogP contribution >= 0.6 is 11.3 Å². The smallest absolute Gasteiger partial charge is 0.224 e. The average molecular weight is 221 g/mol. The third-order valence-corrected chi connectivity index (χ3v) is 2.90. The summed E-state index contributed by atoms with van der Waals surface area (Å²) in [5, 5.41) is 11.2. The predicted octanol–water partition coefficient (Wildman–Crippen LogP) is 2.04. The van der Waals surface area contributed by atoms with Crippen LogP contribution in [0.4, 0.5) is 5.69 Å². The number of aryl methyl sites for hydroxylation is 1. The first-order valence-corrected chi connectivity index (χ1v) is 5.53. The van der Waals surface area contributed by atoms with Crippen molar-refractivity contribution in [2.24, 2.45) is 0 Å². The van der Waals surface area contributed by atoms with E-state index in [0.29, 0.717) is 12.1 Å². The highest BCUT2D eigenvalue weighted by Gasteiger charge is 2.03. The molecule has 0 aromatic carbocycles. The van der Waals surface area contributed by atoms with E-state index in [4.69, 9.17) is 0 Å². The van der Waals surface area contributed by atoms with Gasteiger partial charge >= 0.3 is 0 Å². The molecule has 1 amide bonds. The molecule has 2 heterocycles. The van der Waals surface area contributed by atoms with E-state index in [2.05, 4.69) is 15.5 Å². The number of rotatable bonds is 4. The third kappa shape index (κ3) is 2.92. The summed E-state index contributed by atoms with van der Waals surface area (Å²) < 4.78 is 0. The number of thiophene rings is 1. The van der Waals surface area contributed by atoms with Gasteiger partial charge in [-0.3, -0.25) is 9.89 Å². The lowest BCUT2D eigenvalue weighted by Crippen LogP contribution is -2.11. The molecule has 0 aliphatic rings. The SMILES string of the molecule is O=C(CCc1cccs1)Nc1cn[nH]c1. The molecule has 4 nitrogen and oxygen atoms in total. The van der Waals surface area contributed by atoms with Crippen molar-refractivity contribution >= 4 is 22.9 Å². The summed E-state index contributed by atoms with van der Waals surface area (Å²) in [6, 6.07) is 4.03. The molecule has 0 aliphatic heterocycles. The number of nitrogens with zero attached hydrogens (tertiary/aromatic N) is 1. The molecule has 0 fully saturated rings. The number of aromatic nitrogens is 2. The lowest BCUT2D eigenvalue weighted by Gasteiger charge is -2.00. The fourth-order valence-electron chi connectivity index (χ4n) is 1.23. The summed E-state index contributed by atoms with van der Waals surface area (Å²) in [5.41, 5.74) is 0.714. The summed E-state index contributed by atoms with van der Waals surface area (Å²) in [5.74, 6) is 0.0183. The Morgan fingerprint density at radius 2 is 2.53 bits per heavy atom. The Balaban J connectivity index is 1.78. The Bertz CT molecular complexity index is 408. The lowest BCUT2D eigenvalue weighted by molar-refractivity contribution is -0.116. The van der Waals surface area contributed by atoms with E-state index in [1.807, 2.05) is 17.5 Å². The highest BCUT2D eigenvalue weighted by atomic mass is 32.1. The van der Waals surface area contributed by atoms with Crippen LogP contribution in [0.25, 0.3) is 0 Å². The summed E-state index contributed by atoms with van der Waals surface area (Å²) >= 11 is 1.67. The molecule has 0 spiro atoms. The summed E-state index contributed by atoms with van der Waals surface area (Å²) in [6.07, 6.45) is 4.54. The summed E-state index contributed by atoms with van der Waals surface area (Å²) in [6.45, 7) is 0. The van der Waals surface area contributed by atoms with Crippen molar-refractivity contribution in [1.82, 2.24) is 10.2 Å². The van der Waals surface area contributed by atoms with Gasteiger partial charge in [-0.1, -0.05) is 6.07 Å². The number of amides is 1. The zero-order valence-corrected chi connectivity index (χ0v) is 8.88. The molecule has 15 heavy (non-hydrogen) atoms. The molecule has 5 heteroatoms. The van der Waals surface area contributed by atoms with Crippen molar-refractivity contribution in [3.8, 4) is 0 Å². The number of aromatic amines is 1. The molecule has 2 aromatic heterocycles. The number of carbonyl (C=O) groups is 1. The number of carbonyl (C=O) groups excluding carboxylic acids is 1. The fraction of sp³-hybridized carbons (Fsp3) is 0.200. The van der Waals surface area contributed by atoms with Crippen LogP contribution in [0, 0.1) is 0 Å². The molecule has 0 atom stereocenters. The molecule has 0 saturated heterocycles. The topological polar surface area (TPSA) is 57.8 Å². The van der Waals surface area contributed by atoms with Gasteiger partial charge in [-0.05, 0) is 17.9 Å². The molecule has 0 bridgehead atoms. The minimum absolute atomic E-state index is 0.0183. The first kappa shape index (κ1) is 9.92. The van der Waals surface area contributed by atoms with Gasteiger partial charge in [0, 0.05) is 17.5 Å². The van der Waals surface area contributed by atoms with Crippen LogP contribution in [-0.2, 0) is 11.2 Å². The molecule has 78 valence electrons. The first-order chi connectivity index (χ1) is 7.34. The molecular weight excluding hydrogens is 210 g/mol. The van der Waals surface area contributed by atoms with Gasteiger partial charge in [0.25, 0.3) is 0 Å². The maximum atomic E-state index is 11.5. The van der Waals surface area contributed by atoms with E-state index in [1.54, 1.807) is 23.7 Å². The van der Waals surface area contributed by atoms with E-state index in [-0.39, 0.29) is 5.91 Å². The van der Waals surface area contributed by atoms with Crippen LogP contribution in [0.5, 0.6) is 0 Å². The van der Waals surface area contributed by atoms with Gasteiger partial charge in [-0.25, -0.2) is 0 Å². The van der Waals surface area contributed by atoms with E-state index < -0.39 is 0 Å². The van der Waals surface area contributed by atoms with Crippen molar-refractivity contribution in [3.63, 3.8) is 0 Å². The van der Waals surface area contributed by atoms with Gasteiger partial charge < -0.3 is 5.32 Å². The Labute approximate surface area is 91.3 Å². The quantitative estimate of drug-likeness (QED) is 0.830. The van der Waals surface area contributed by atoms with Gasteiger partial charge in [-0.2, -0.15) is 5.10 Å². The largest absolute Gasteiger partial charge is 0.323 e. The minimum atomic E-state index is 0.0183. The van der Waals surface area contributed by atoms with Crippen LogP contribution in [0.3, 0.4) is 0 Å². The molecule has 2 rings (SSSR count). The molecule has 0 radical (unpaired) electrons. The van der Waals surface area contributed by atoms with Crippen molar-refractivity contribution in [3.05, 3.63) is 34.8 Å². The van der Waals surface area contributed by atoms with Crippen molar-refractivity contribution in [2.45, 2.75) is 12.8 Å².